The molecule has 0 saturated heterocycles. The summed E-state index contributed by atoms with van der Waals surface area (Å²) in [6.45, 7) is 4.14. The van der Waals surface area contributed by atoms with E-state index in [1.54, 1.807) is 12.1 Å². The number of benzene rings is 2. The fourth-order valence-corrected chi connectivity index (χ4v) is 6.16. The van der Waals surface area contributed by atoms with Crippen molar-refractivity contribution in [3.63, 3.8) is 0 Å². The number of hydrogen-bond acceptors (Lipinski definition) is 2. The van der Waals surface area contributed by atoms with E-state index in [0.717, 1.165) is 48.8 Å². The molecule has 1 saturated carbocycles. The molecule has 0 spiro atoms. The summed E-state index contributed by atoms with van der Waals surface area (Å²) >= 11 is 1.45. The van der Waals surface area contributed by atoms with Crippen LogP contribution in [0, 0.1) is 23.4 Å². The Balaban J connectivity index is 1.46. The lowest BCUT2D eigenvalue weighted by Crippen LogP contribution is -2.15. The Bertz CT molecular complexity index is 1070. The van der Waals surface area contributed by atoms with Crippen LogP contribution in [-0.4, -0.2) is 0 Å². The third kappa shape index (κ3) is 4.83. The average Bonchev–Trinajstić information content (AvgIpc) is 3.21. The Morgan fingerprint density at radius 3 is 2.41 bits per heavy atom. The summed E-state index contributed by atoms with van der Waals surface area (Å²) in [6, 6.07) is 8.68. The van der Waals surface area contributed by atoms with Crippen molar-refractivity contribution in [1.29, 1.82) is 0 Å². The largest absolute Gasteiger partial charge is 0.486 e. The molecule has 32 heavy (non-hydrogen) atoms. The third-order valence-electron chi connectivity index (χ3n) is 6.70. The Labute approximate surface area is 192 Å². The van der Waals surface area contributed by atoms with Gasteiger partial charge in [0.2, 0.25) is 5.82 Å². The zero-order valence-electron chi connectivity index (χ0n) is 18.9. The predicted molar refractivity (Wildman–Crippen MR) is 126 cm³/mol. The average molecular weight is 461 g/mol. The van der Waals surface area contributed by atoms with Gasteiger partial charge in [-0.2, -0.15) is 4.39 Å². The van der Waals surface area contributed by atoms with Crippen molar-refractivity contribution in [2.75, 3.05) is 0 Å². The zero-order valence-corrected chi connectivity index (χ0v) is 19.7. The first-order valence-corrected chi connectivity index (χ1v) is 12.6. The molecule has 1 aliphatic rings. The first-order chi connectivity index (χ1) is 15.5. The predicted octanol–water partition coefficient (Wildman–Crippen LogP) is 8.92. The van der Waals surface area contributed by atoms with Crippen molar-refractivity contribution in [3.05, 3.63) is 63.8 Å². The van der Waals surface area contributed by atoms with Crippen molar-refractivity contribution in [2.24, 2.45) is 5.92 Å². The molecule has 3 aromatic rings. The van der Waals surface area contributed by atoms with E-state index in [9.17, 15) is 13.2 Å². The van der Waals surface area contributed by atoms with Crippen LogP contribution in [0.25, 0.3) is 10.1 Å². The topological polar surface area (TPSA) is 9.23 Å². The Morgan fingerprint density at radius 2 is 1.69 bits per heavy atom. The van der Waals surface area contributed by atoms with Crippen LogP contribution < -0.4 is 4.74 Å². The van der Waals surface area contributed by atoms with Crippen LogP contribution in [0.5, 0.6) is 5.75 Å². The van der Waals surface area contributed by atoms with Gasteiger partial charge in [0.15, 0.2) is 11.6 Å². The fraction of sp³-hybridized carbons (Fsp3) is 0.481. The summed E-state index contributed by atoms with van der Waals surface area (Å²) in [5, 5.41) is 0.870. The Kier molecular flexibility index (Phi) is 7.44. The molecule has 0 amide bonds. The molecule has 0 radical (unpaired) electrons. The van der Waals surface area contributed by atoms with E-state index in [4.69, 9.17) is 4.74 Å². The molecule has 0 N–H and O–H groups in total. The fourth-order valence-electron chi connectivity index (χ4n) is 4.94. The first-order valence-electron chi connectivity index (χ1n) is 11.8. The minimum Gasteiger partial charge on any atom is -0.486 e. The molecule has 0 unspecified atom stereocenters. The molecular formula is C27H31F3OS. The van der Waals surface area contributed by atoms with Gasteiger partial charge in [-0.15, -0.1) is 11.3 Å². The van der Waals surface area contributed by atoms with Gasteiger partial charge in [0.1, 0.15) is 12.4 Å². The van der Waals surface area contributed by atoms with Gasteiger partial charge in [0, 0.05) is 10.4 Å². The maximum Gasteiger partial charge on any atom is 0.200 e. The van der Waals surface area contributed by atoms with E-state index >= 15 is 0 Å². The number of rotatable bonds is 8. The molecule has 4 rings (SSSR count). The monoisotopic (exact) mass is 460 g/mol. The molecule has 1 aliphatic carbocycles. The lowest BCUT2D eigenvalue weighted by Gasteiger charge is -2.29. The summed E-state index contributed by atoms with van der Waals surface area (Å²) in [7, 11) is 0. The van der Waals surface area contributed by atoms with Crippen LogP contribution in [0.15, 0.2) is 30.3 Å². The molecule has 0 bridgehead atoms. The van der Waals surface area contributed by atoms with Gasteiger partial charge in [0.25, 0.3) is 0 Å². The maximum absolute atomic E-state index is 15.0. The zero-order chi connectivity index (χ0) is 22.7. The standard InChI is InChI=1S/C27H31F3OS/c1-3-5-17-7-9-18(10-8-17)22-13-14-23(26(30)25(22)29)31-16-20-12-11-19-15-21(6-4-2)32-27(19)24(20)28/h11-15,17-18H,3-10,16H2,1-2H3. The minimum atomic E-state index is -0.971. The van der Waals surface area contributed by atoms with E-state index in [2.05, 4.69) is 13.8 Å². The number of ether oxygens (including phenoxy) is 1. The van der Waals surface area contributed by atoms with E-state index in [-0.39, 0.29) is 24.1 Å². The van der Waals surface area contributed by atoms with Gasteiger partial charge in [-0.25, -0.2) is 8.78 Å². The van der Waals surface area contributed by atoms with E-state index in [0.29, 0.717) is 21.7 Å². The second-order valence-electron chi connectivity index (χ2n) is 9.00. The summed E-state index contributed by atoms with van der Waals surface area (Å²) in [5.74, 6) is -1.52. The highest BCUT2D eigenvalue weighted by Crippen LogP contribution is 2.40. The van der Waals surface area contributed by atoms with Crippen molar-refractivity contribution in [1.82, 2.24) is 0 Å². The number of fused-ring (bicyclic) bond motifs is 1. The van der Waals surface area contributed by atoms with Crippen LogP contribution in [0.2, 0.25) is 0 Å². The van der Waals surface area contributed by atoms with Gasteiger partial charge in [0.05, 0.1) is 4.70 Å². The molecule has 1 aromatic heterocycles. The second kappa shape index (κ2) is 10.3. The van der Waals surface area contributed by atoms with Crippen molar-refractivity contribution >= 4 is 21.4 Å². The van der Waals surface area contributed by atoms with Crippen molar-refractivity contribution in [2.45, 2.75) is 77.7 Å². The molecule has 2 aromatic carbocycles. The van der Waals surface area contributed by atoms with Crippen LogP contribution >= 0.6 is 11.3 Å². The number of halogens is 3. The number of hydrogen-bond donors (Lipinski definition) is 0. The Morgan fingerprint density at radius 1 is 0.906 bits per heavy atom. The van der Waals surface area contributed by atoms with E-state index in [1.165, 1.54) is 30.2 Å². The molecule has 1 nitrogen and oxygen atoms in total. The lowest BCUT2D eigenvalue weighted by atomic mass is 9.77. The van der Waals surface area contributed by atoms with E-state index in [1.807, 2.05) is 12.1 Å². The van der Waals surface area contributed by atoms with Gasteiger partial charge in [-0.3, -0.25) is 0 Å². The molecular weight excluding hydrogens is 429 g/mol. The molecule has 1 heterocycles. The quantitative estimate of drug-likeness (QED) is 0.326. The maximum atomic E-state index is 15.0. The van der Waals surface area contributed by atoms with Crippen LogP contribution in [-0.2, 0) is 13.0 Å². The number of aryl methyl sites for hydroxylation is 1. The highest BCUT2D eigenvalue weighted by Gasteiger charge is 2.26. The van der Waals surface area contributed by atoms with Gasteiger partial charge < -0.3 is 4.74 Å². The molecule has 1 fully saturated rings. The van der Waals surface area contributed by atoms with Crippen LogP contribution in [0.3, 0.4) is 0 Å². The highest BCUT2D eigenvalue weighted by molar-refractivity contribution is 7.19. The summed E-state index contributed by atoms with van der Waals surface area (Å²) in [4.78, 5) is 1.15. The third-order valence-corrected chi connectivity index (χ3v) is 7.90. The van der Waals surface area contributed by atoms with Crippen LogP contribution in [0.1, 0.15) is 80.7 Å². The SMILES string of the molecule is CCCc1cc2ccc(COc3ccc(C4CCC(CCC)CC4)c(F)c3F)c(F)c2s1. The second-order valence-corrected chi connectivity index (χ2v) is 10.1. The number of thiophene rings is 1. The summed E-state index contributed by atoms with van der Waals surface area (Å²) in [5.41, 5.74) is 0.792. The van der Waals surface area contributed by atoms with Crippen LogP contribution in [0.4, 0.5) is 13.2 Å². The summed E-state index contributed by atoms with van der Waals surface area (Å²) in [6.07, 6.45) is 8.24. The molecule has 5 heteroatoms. The van der Waals surface area contributed by atoms with E-state index < -0.39 is 11.6 Å². The highest BCUT2D eigenvalue weighted by atomic mass is 32.1. The summed E-state index contributed by atoms with van der Waals surface area (Å²) < 4.78 is 50.7. The molecule has 0 aliphatic heterocycles. The minimum absolute atomic E-state index is 0.0580. The van der Waals surface area contributed by atoms with Gasteiger partial charge >= 0.3 is 0 Å². The van der Waals surface area contributed by atoms with Gasteiger partial charge in [-0.1, -0.05) is 51.3 Å². The first kappa shape index (κ1) is 23.2. The molecule has 0 atom stereocenters. The molecule has 172 valence electrons. The Hall–Kier alpha value is -2.01. The van der Waals surface area contributed by atoms with Gasteiger partial charge in [-0.05, 0) is 67.0 Å². The van der Waals surface area contributed by atoms with Crippen molar-refractivity contribution in [3.8, 4) is 5.75 Å². The van der Waals surface area contributed by atoms with Crippen molar-refractivity contribution < 1.29 is 17.9 Å². The smallest absolute Gasteiger partial charge is 0.200 e. The normalized spacial score (nSPS) is 18.9. The lowest BCUT2D eigenvalue weighted by molar-refractivity contribution is 0.275.